The Morgan fingerprint density at radius 3 is 2.55 bits per heavy atom. The van der Waals surface area contributed by atoms with Crippen LogP contribution in [0.3, 0.4) is 0 Å². The average Bonchev–Trinajstić information content (AvgIpc) is 3.47. The van der Waals surface area contributed by atoms with Gasteiger partial charge in [-0.1, -0.05) is 60.7 Å². The first-order valence-corrected chi connectivity index (χ1v) is 10.7. The topological polar surface area (TPSA) is 111 Å². The van der Waals surface area contributed by atoms with Crippen molar-refractivity contribution in [1.29, 1.82) is 0 Å². The van der Waals surface area contributed by atoms with E-state index in [0.717, 1.165) is 22.4 Å². The number of H-pyrrole nitrogens is 1. The number of benzene rings is 3. The van der Waals surface area contributed by atoms with E-state index in [-0.39, 0.29) is 17.6 Å². The van der Waals surface area contributed by atoms with Crippen molar-refractivity contribution in [1.82, 2.24) is 15.8 Å². The van der Waals surface area contributed by atoms with Crippen molar-refractivity contribution in [2.45, 2.75) is 25.1 Å². The molecule has 3 aromatic carbocycles. The molecular weight excluding hydrogens is 418 g/mol. The second-order valence-electron chi connectivity index (χ2n) is 7.88. The van der Waals surface area contributed by atoms with Gasteiger partial charge in [-0.05, 0) is 35.7 Å². The maximum Gasteiger partial charge on any atom is 0.282 e. The molecule has 2 heterocycles. The molecule has 8 heteroatoms. The number of aromatic nitrogens is 1. The van der Waals surface area contributed by atoms with Crippen LogP contribution in [0, 0.1) is 0 Å². The number of aromatic amines is 1. The van der Waals surface area contributed by atoms with Crippen LogP contribution in [0.4, 0.5) is 5.69 Å². The molecule has 0 bridgehead atoms. The van der Waals surface area contributed by atoms with Crippen molar-refractivity contribution in [3.8, 4) is 11.6 Å². The van der Waals surface area contributed by atoms with E-state index < -0.39 is 11.9 Å². The summed E-state index contributed by atoms with van der Waals surface area (Å²) < 4.78 is 5.84. The highest BCUT2D eigenvalue weighted by molar-refractivity contribution is 5.94. The Balaban J connectivity index is 1.19. The van der Waals surface area contributed by atoms with E-state index in [9.17, 15) is 9.90 Å². The van der Waals surface area contributed by atoms with E-state index in [2.05, 4.69) is 26.1 Å². The third-order valence-corrected chi connectivity index (χ3v) is 5.64. The molecule has 0 radical (unpaired) electrons. The lowest BCUT2D eigenvalue weighted by Gasteiger charge is -2.11. The number of aromatic hydroxyl groups is 1. The lowest BCUT2D eigenvalue weighted by atomic mass is 10.0. The number of hydrogen-bond donors (Lipinski definition) is 4. The summed E-state index contributed by atoms with van der Waals surface area (Å²) in [6, 6.07) is 24.6. The molecule has 2 atom stereocenters. The van der Waals surface area contributed by atoms with Gasteiger partial charge in [0, 0.05) is 11.4 Å². The molecule has 4 aromatic rings. The molecule has 33 heavy (non-hydrogen) atoms. The number of nitrogens with one attached hydrogen (secondary N) is 3. The van der Waals surface area contributed by atoms with Gasteiger partial charge in [0.1, 0.15) is 18.4 Å². The summed E-state index contributed by atoms with van der Waals surface area (Å²) in [4.78, 5) is 15.4. The first-order valence-electron chi connectivity index (χ1n) is 10.7. The van der Waals surface area contributed by atoms with Crippen LogP contribution in [0.1, 0.15) is 23.6 Å². The summed E-state index contributed by atoms with van der Waals surface area (Å²) in [6.45, 7) is 0.511. The van der Waals surface area contributed by atoms with Crippen molar-refractivity contribution >= 4 is 22.5 Å². The highest BCUT2D eigenvalue weighted by Crippen LogP contribution is 2.35. The van der Waals surface area contributed by atoms with Crippen LogP contribution in [0.15, 0.2) is 89.1 Å². The molecule has 0 spiro atoms. The second-order valence-corrected chi connectivity index (χ2v) is 7.88. The van der Waals surface area contributed by atoms with Crippen molar-refractivity contribution in [3.63, 3.8) is 0 Å². The first kappa shape index (κ1) is 20.9. The maximum atomic E-state index is 12.6. The lowest BCUT2D eigenvalue weighted by molar-refractivity contribution is -0.120. The Hall–Kier alpha value is -4.01. The van der Waals surface area contributed by atoms with Crippen LogP contribution in [0.25, 0.3) is 10.9 Å². The van der Waals surface area contributed by atoms with Crippen molar-refractivity contribution in [3.05, 3.63) is 90.0 Å². The Bertz CT molecular complexity index is 1280. The number of fused-ring (bicyclic) bond motifs is 1. The van der Waals surface area contributed by atoms with Gasteiger partial charge in [0.05, 0.1) is 5.52 Å². The molecule has 1 aromatic heterocycles. The quantitative estimate of drug-likeness (QED) is 0.325. The number of carbonyl (C=O) groups is 1. The Morgan fingerprint density at radius 1 is 0.970 bits per heavy atom. The minimum absolute atomic E-state index is 0.0428. The highest BCUT2D eigenvalue weighted by atomic mass is 16.5. The zero-order chi connectivity index (χ0) is 22.6. The van der Waals surface area contributed by atoms with Crippen LogP contribution in [0.5, 0.6) is 11.6 Å². The number of para-hydroxylation sites is 1. The number of azo groups is 1. The predicted octanol–water partition coefficient (Wildman–Crippen LogP) is 4.67. The number of hydrogen-bond acceptors (Lipinski definition) is 6. The monoisotopic (exact) mass is 441 g/mol. The van der Waals surface area contributed by atoms with Crippen LogP contribution in [-0.2, 0) is 11.4 Å². The predicted molar refractivity (Wildman–Crippen MR) is 124 cm³/mol. The van der Waals surface area contributed by atoms with Crippen LogP contribution in [0.2, 0.25) is 0 Å². The largest absolute Gasteiger partial charge is 0.493 e. The smallest absolute Gasteiger partial charge is 0.282 e. The van der Waals surface area contributed by atoms with Crippen LogP contribution in [-0.4, -0.2) is 22.0 Å². The van der Waals surface area contributed by atoms with Gasteiger partial charge >= 0.3 is 0 Å². The molecule has 1 amide bonds. The summed E-state index contributed by atoms with van der Waals surface area (Å²) in [7, 11) is 0. The van der Waals surface area contributed by atoms with Gasteiger partial charge in [0.2, 0.25) is 5.88 Å². The van der Waals surface area contributed by atoms with Gasteiger partial charge in [0.25, 0.3) is 5.91 Å². The molecule has 5 rings (SSSR count). The fraction of sp³-hybridized carbons (Fsp3) is 0.160. The molecular formula is C25H23N5O3. The summed E-state index contributed by atoms with van der Waals surface area (Å²) in [5.74, 6) is 0.267. The Labute approximate surface area is 190 Å². The summed E-state index contributed by atoms with van der Waals surface area (Å²) >= 11 is 0. The third-order valence-electron chi connectivity index (χ3n) is 5.64. The summed E-state index contributed by atoms with van der Waals surface area (Å²) in [5.41, 5.74) is 9.28. The number of nitrogens with zero attached hydrogens (tertiary/aromatic N) is 2. The zero-order valence-electron chi connectivity index (χ0n) is 17.7. The first-order chi connectivity index (χ1) is 16.2. The molecule has 8 nitrogen and oxygen atoms in total. The number of carbonyl (C=O) groups excluding carboxylic acids is 1. The summed E-state index contributed by atoms with van der Waals surface area (Å²) in [6.07, 6.45) is 0.530. The van der Waals surface area contributed by atoms with Gasteiger partial charge in [-0.3, -0.25) is 4.79 Å². The van der Waals surface area contributed by atoms with E-state index in [4.69, 9.17) is 4.74 Å². The molecule has 4 N–H and O–H groups in total. The Kier molecular flexibility index (Phi) is 5.84. The third kappa shape index (κ3) is 4.62. The molecule has 1 saturated heterocycles. The minimum Gasteiger partial charge on any atom is -0.493 e. The molecule has 0 saturated carbocycles. The lowest BCUT2D eigenvalue weighted by Crippen LogP contribution is -2.35. The average molecular weight is 441 g/mol. The van der Waals surface area contributed by atoms with Crippen LogP contribution < -0.4 is 15.6 Å². The molecule has 2 unspecified atom stereocenters. The fourth-order valence-corrected chi connectivity index (χ4v) is 3.86. The minimum atomic E-state index is -0.514. The summed E-state index contributed by atoms with van der Waals surface area (Å²) in [5, 5.41) is 18.6. The number of ether oxygens (including phenoxy) is 1. The molecule has 1 fully saturated rings. The highest BCUT2D eigenvalue weighted by Gasteiger charge is 2.30. The molecule has 1 aliphatic rings. The van der Waals surface area contributed by atoms with Gasteiger partial charge in [-0.25, -0.2) is 10.9 Å². The van der Waals surface area contributed by atoms with E-state index in [1.807, 2.05) is 78.9 Å². The Morgan fingerprint density at radius 2 is 1.73 bits per heavy atom. The van der Waals surface area contributed by atoms with E-state index in [0.29, 0.717) is 18.4 Å². The number of hydrazine groups is 1. The SMILES string of the molecule is O=C(N=Nc1c(O)[nH]c2ccccc12)C1CC(c2ccc(OCc3ccccc3)cc2)NN1. The molecule has 0 aliphatic carbocycles. The fourth-order valence-electron chi connectivity index (χ4n) is 3.86. The number of rotatable bonds is 6. The maximum absolute atomic E-state index is 12.6. The van der Waals surface area contributed by atoms with E-state index in [1.54, 1.807) is 0 Å². The van der Waals surface area contributed by atoms with Gasteiger partial charge < -0.3 is 14.8 Å². The number of amides is 1. The van der Waals surface area contributed by atoms with Crippen molar-refractivity contribution < 1.29 is 14.6 Å². The molecule has 1 aliphatic heterocycles. The van der Waals surface area contributed by atoms with E-state index >= 15 is 0 Å². The molecule has 166 valence electrons. The zero-order valence-corrected chi connectivity index (χ0v) is 17.7. The van der Waals surface area contributed by atoms with Gasteiger partial charge in [-0.2, -0.15) is 0 Å². The van der Waals surface area contributed by atoms with Crippen molar-refractivity contribution in [2.24, 2.45) is 10.2 Å². The second kappa shape index (κ2) is 9.23. The van der Waals surface area contributed by atoms with Gasteiger partial charge in [-0.15, -0.1) is 10.2 Å². The standard InChI is InChI=1S/C25H23N5O3/c31-24(30-29-23-19-8-4-5-9-20(19)26-25(23)32)22-14-21(27-28-22)17-10-12-18(13-11-17)33-15-16-6-2-1-3-7-16/h1-13,21-22,26-28,32H,14-15H2. The normalized spacial score (nSPS) is 18.2. The van der Waals surface area contributed by atoms with E-state index in [1.165, 1.54) is 0 Å². The van der Waals surface area contributed by atoms with Gasteiger partial charge in [0.15, 0.2) is 5.69 Å². The van der Waals surface area contributed by atoms with Crippen LogP contribution >= 0.6 is 0 Å². The van der Waals surface area contributed by atoms with Crippen molar-refractivity contribution in [2.75, 3.05) is 0 Å².